The Labute approximate surface area is 284 Å². The Balaban J connectivity index is 2.25. The average Bonchev–Trinajstić information content (AvgIpc) is 3.36. The summed E-state index contributed by atoms with van der Waals surface area (Å²) < 4.78 is 58.3. The minimum absolute atomic E-state index is 0.0802. The lowest BCUT2D eigenvalue weighted by molar-refractivity contribution is -0.144. The van der Waals surface area contributed by atoms with E-state index in [1.165, 1.54) is 20.0 Å². The van der Waals surface area contributed by atoms with Crippen LogP contribution in [0.15, 0.2) is 26.9 Å². The summed E-state index contributed by atoms with van der Waals surface area (Å²) in [5.41, 5.74) is 2.82. The van der Waals surface area contributed by atoms with Gasteiger partial charge in [0.25, 0.3) is 15.7 Å². The Hall–Kier alpha value is -2.62. The molecule has 48 heavy (non-hydrogen) atoms. The standard InChI is InChI=1S/C30H52N4O11SSi2/c1-18-14-34(27(38)33(24(18)36)15-22(35)32-19(2)26(37)41-9)25-23(44-48(12,13)29(6,7)8)30(20(31)17-46(39,40)45-30)21(43-25)16-42-47(10,11)28(3,4)5/h14,17,19,21,23,25H,15-16,31H2,1-13H3,(H,32,35)/t19-,21+,23-,25+,30?/m0/s1. The predicted octanol–water partition coefficient (Wildman–Crippen LogP) is 2.20. The Morgan fingerprint density at radius 2 is 1.65 bits per heavy atom. The summed E-state index contributed by atoms with van der Waals surface area (Å²) in [6.07, 6.45) is -2.58. The van der Waals surface area contributed by atoms with E-state index >= 15 is 0 Å². The van der Waals surface area contributed by atoms with Gasteiger partial charge in [-0.3, -0.25) is 18.7 Å². The molecule has 1 spiro atoms. The summed E-state index contributed by atoms with van der Waals surface area (Å²) in [5, 5.41) is 2.63. The van der Waals surface area contributed by atoms with Crippen molar-refractivity contribution in [3.63, 3.8) is 0 Å². The molecule has 1 amide bonds. The summed E-state index contributed by atoms with van der Waals surface area (Å²) in [4.78, 5) is 52.1. The molecule has 3 N–H and O–H groups in total. The topological polar surface area (TPSA) is 196 Å². The van der Waals surface area contributed by atoms with Crippen molar-refractivity contribution in [1.29, 1.82) is 0 Å². The van der Waals surface area contributed by atoms with Crippen molar-refractivity contribution in [2.75, 3.05) is 13.7 Å². The number of nitrogens with two attached hydrogens (primary N) is 1. The molecule has 272 valence electrons. The summed E-state index contributed by atoms with van der Waals surface area (Å²) in [7, 11) is -8.40. The number of hydrogen-bond acceptors (Lipinski definition) is 12. The van der Waals surface area contributed by atoms with Gasteiger partial charge in [-0.25, -0.2) is 13.8 Å². The second kappa shape index (κ2) is 13.3. The van der Waals surface area contributed by atoms with Crippen molar-refractivity contribution in [3.05, 3.63) is 43.7 Å². The number of aryl methyl sites for hydroxylation is 1. The number of aromatic nitrogens is 2. The molecule has 2 aliphatic rings. The highest BCUT2D eigenvalue weighted by molar-refractivity contribution is 7.90. The van der Waals surface area contributed by atoms with E-state index in [-0.39, 0.29) is 22.9 Å². The molecular formula is C30H52N4O11SSi2. The number of carbonyl (C=O) groups excluding carboxylic acids is 2. The van der Waals surface area contributed by atoms with E-state index in [1.54, 1.807) is 0 Å². The SMILES string of the molecule is COC(=O)[C@H](C)NC(=O)Cn1c(=O)c(C)cn([C@@H]2O[C@H](CO[Si](C)(C)C(C)(C)C)C3(OS(=O)(=O)C=C3N)[C@H]2O[Si](C)(C)C(C)(C)C)c1=O. The molecular weight excluding hydrogens is 681 g/mol. The zero-order valence-corrected chi connectivity index (χ0v) is 33.1. The fourth-order valence-electron chi connectivity index (χ4n) is 4.96. The maximum Gasteiger partial charge on any atom is 0.333 e. The van der Waals surface area contributed by atoms with E-state index in [0.29, 0.717) is 4.57 Å². The molecule has 2 aliphatic heterocycles. The molecule has 15 nitrogen and oxygen atoms in total. The minimum Gasteiger partial charge on any atom is -0.467 e. The first-order valence-electron chi connectivity index (χ1n) is 15.7. The van der Waals surface area contributed by atoms with Crippen molar-refractivity contribution < 1.29 is 40.5 Å². The van der Waals surface area contributed by atoms with E-state index in [4.69, 9.17) is 23.5 Å². The van der Waals surface area contributed by atoms with Crippen LogP contribution in [-0.2, 0) is 48.8 Å². The highest BCUT2D eigenvalue weighted by Gasteiger charge is 2.67. The van der Waals surface area contributed by atoms with Crippen LogP contribution in [0.4, 0.5) is 0 Å². The third-order valence-electron chi connectivity index (χ3n) is 9.94. The molecule has 3 rings (SSSR count). The van der Waals surface area contributed by atoms with Crippen LogP contribution in [0.25, 0.3) is 0 Å². The molecule has 0 saturated carbocycles. The lowest BCUT2D eigenvalue weighted by Gasteiger charge is -2.43. The number of carbonyl (C=O) groups is 2. The number of rotatable bonds is 10. The monoisotopic (exact) mass is 732 g/mol. The van der Waals surface area contributed by atoms with Gasteiger partial charge in [0.05, 0.1) is 24.8 Å². The maximum absolute atomic E-state index is 14.1. The van der Waals surface area contributed by atoms with Gasteiger partial charge in [-0.15, -0.1) is 0 Å². The number of ether oxygens (including phenoxy) is 2. The van der Waals surface area contributed by atoms with Gasteiger partial charge in [-0.05, 0) is 50.1 Å². The van der Waals surface area contributed by atoms with Crippen LogP contribution in [0.3, 0.4) is 0 Å². The minimum atomic E-state index is -4.31. The van der Waals surface area contributed by atoms with Gasteiger partial charge in [-0.1, -0.05) is 41.5 Å². The largest absolute Gasteiger partial charge is 0.467 e. The predicted molar refractivity (Wildman–Crippen MR) is 183 cm³/mol. The highest BCUT2D eigenvalue weighted by atomic mass is 32.2. The van der Waals surface area contributed by atoms with Gasteiger partial charge >= 0.3 is 11.7 Å². The molecule has 1 aromatic heterocycles. The lowest BCUT2D eigenvalue weighted by atomic mass is 9.89. The van der Waals surface area contributed by atoms with Crippen LogP contribution in [0.1, 0.15) is 60.3 Å². The third-order valence-corrected chi connectivity index (χ3v) is 20.0. The van der Waals surface area contributed by atoms with Gasteiger partial charge in [0.2, 0.25) is 5.91 Å². The molecule has 3 heterocycles. The fourth-order valence-corrected chi connectivity index (χ4v) is 8.47. The zero-order valence-electron chi connectivity index (χ0n) is 30.2. The molecule has 0 aliphatic carbocycles. The van der Waals surface area contributed by atoms with Crippen LogP contribution < -0.4 is 22.3 Å². The number of nitrogens with zero attached hydrogens (tertiary/aromatic N) is 2. The number of amides is 1. The molecule has 1 unspecified atom stereocenters. The molecule has 5 atom stereocenters. The van der Waals surface area contributed by atoms with E-state index < -0.39 is 91.5 Å². The van der Waals surface area contributed by atoms with E-state index in [0.717, 1.165) is 17.1 Å². The summed E-state index contributed by atoms with van der Waals surface area (Å²) in [6.45, 7) is 22.1. The Bertz CT molecular complexity index is 1690. The third kappa shape index (κ3) is 7.58. The van der Waals surface area contributed by atoms with Crippen LogP contribution in [0.2, 0.25) is 36.3 Å². The average molecular weight is 733 g/mol. The van der Waals surface area contributed by atoms with E-state index in [9.17, 15) is 27.6 Å². The van der Waals surface area contributed by atoms with Crippen molar-refractivity contribution in [2.24, 2.45) is 5.73 Å². The lowest BCUT2D eigenvalue weighted by Crippen LogP contribution is -2.59. The van der Waals surface area contributed by atoms with Crippen molar-refractivity contribution >= 4 is 38.6 Å². The fraction of sp³-hybridized carbons (Fsp3) is 0.733. The summed E-state index contributed by atoms with van der Waals surface area (Å²) in [6, 6.07) is -1.04. The van der Waals surface area contributed by atoms with Crippen molar-refractivity contribution in [3.8, 4) is 0 Å². The molecule has 1 fully saturated rings. The number of methoxy groups -OCH3 is 1. The molecule has 1 aromatic rings. The summed E-state index contributed by atoms with van der Waals surface area (Å²) >= 11 is 0. The van der Waals surface area contributed by atoms with Crippen molar-refractivity contribution in [2.45, 2.75) is 128 Å². The van der Waals surface area contributed by atoms with Crippen LogP contribution >= 0.6 is 0 Å². The van der Waals surface area contributed by atoms with E-state index in [2.05, 4.69) is 30.8 Å². The van der Waals surface area contributed by atoms with Gasteiger partial charge in [0, 0.05) is 11.8 Å². The second-order valence-electron chi connectivity index (χ2n) is 15.5. The van der Waals surface area contributed by atoms with E-state index in [1.807, 2.05) is 47.0 Å². The molecule has 18 heteroatoms. The molecule has 0 aromatic carbocycles. The number of esters is 1. The van der Waals surface area contributed by atoms with Crippen LogP contribution in [0, 0.1) is 6.92 Å². The normalized spacial score (nSPS) is 25.2. The first-order chi connectivity index (χ1) is 21.6. The first-order valence-corrected chi connectivity index (χ1v) is 23.0. The number of hydrogen-bond donors (Lipinski definition) is 2. The van der Waals surface area contributed by atoms with Crippen LogP contribution in [0.5, 0.6) is 0 Å². The zero-order chi connectivity index (χ0) is 37.0. The van der Waals surface area contributed by atoms with Crippen molar-refractivity contribution in [1.82, 2.24) is 14.5 Å². The highest BCUT2D eigenvalue weighted by Crippen LogP contribution is 2.52. The Morgan fingerprint density at radius 1 is 1.08 bits per heavy atom. The Morgan fingerprint density at radius 3 is 2.12 bits per heavy atom. The smallest absolute Gasteiger partial charge is 0.333 e. The van der Waals surface area contributed by atoms with Gasteiger partial charge in [0.15, 0.2) is 28.5 Å². The second-order valence-corrected chi connectivity index (χ2v) is 26.5. The van der Waals surface area contributed by atoms with Gasteiger partial charge < -0.3 is 29.4 Å². The van der Waals surface area contributed by atoms with Crippen LogP contribution in [-0.4, -0.2) is 83.6 Å². The van der Waals surface area contributed by atoms with Gasteiger partial charge in [-0.2, -0.15) is 8.42 Å². The Kier molecular flexibility index (Phi) is 11.0. The first kappa shape index (κ1) is 39.8. The van der Waals surface area contributed by atoms with Gasteiger partial charge in [0.1, 0.15) is 24.8 Å². The number of nitrogens with one attached hydrogen (secondary N) is 1. The molecule has 1 saturated heterocycles. The summed E-state index contributed by atoms with van der Waals surface area (Å²) in [5.74, 6) is -1.50. The molecule has 0 radical (unpaired) electrons. The molecule has 0 bridgehead atoms. The maximum atomic E-state index is 14.1. The quantitative estimate of drug-likeness (QED) is 0.203.